The Morgan fingerprint density at radius 2 is 2.11 bits per heavy atom. The van der Waals surface area contributed by atoms with Crippen molar-refractivity contribution in [2.75, 3.05) is 13.1 Å². The van der Waals surface area contributed by atoms with E-state index in [2.05, 4.69) is 10.3 Å². The van der Waals surface area contributed by atoms with Crippen LogP contribution in [0.25, 0.3) is 11.1 Å². The second kappa shape index (κ2) is 4.85. The van der Waals surface area contributed by atoms with Crippen molar-refractivity contribution in [1.82, 2.24) is 10.3 Å². The maximum atomic E-state index is 11.9. The number of aromatic nitrogens is 1. The van der Waals surface area contributed by atoms with E-state index in [1.54, 1.807) is 18.2 Å². The Morgan fingerprint density at radius 3 is 2.83 bits per heavy atom. The number of hydrogen-bond donors (Lipinski definition) is 2. The summed E-state index contributed by atoms with van der Waals surface area (Å²) in [5.41, 5.74) is 1.81. The Morgan fingerprint density at radius 1 is 1.33 bits per heavy atom. The zero-order chi connectivity index (χ0) is 13.2. The molecule has 0 aliphatic heterocycles. The van der Waals surface area contributed by atoms with E-state index in [0.717, 1.165) is 5.56 Å². The first-order valence-corrected chi connectivity index (χ1v) is 5.33. The molecule has 0 atom stereocenters. The van der Waals surface area contributed by atoms with Crippen LogP contribution in [0.15, 0.2) is 27.4 Å². The molecule has 18 heavy (non-hydrogen) atoms. The van der Waals surface area contributed by atoms with Crippen molar-refractivity contribution in [3.63, 3.8) is 0 Å². The standard InChI is InChI=1S/C11H11F3N2O2/c12-11(13,14)6-15-4-3-7-1-2-9-8(5-7)16-10(17)18-9/h1-2,5,15H,3-4,6H2,(H,16,17). The van der Waals surface area contributed by atoms with Gasteiger partial charge in [0.25, 0.3) is 0 Å². The molecule has 0 unspecified atom stereocenters. The highest BCUT2D eigenvalue weighted by Gasteiger charge is 2.25. The summed E-state index contributed by atoms with van der Waals surface area (Å²) in [5.74, 6) is -0.544. The molecule has 0 amide bonds. The lowest BCUT2D eigenvalue weighted by molar-refractivity contribution is -0.124. The van der Waals surface area contributed by atoms with Gasteiger partial charge >= 0.3 is 11.9 Å². The normalized spacial score (nSPS) is 12.2. The third kappa shape index (κ3) is 3.36. The van der Waals surface area contributed by atoms with Crippen LogP contribution in [0.1, 0.15) is 5.56 Å². The number of rotatable bonds is 4. The van der Waals surface area contributed by atoms with Gasteiger partial charge in [-0.1, -0.05) is 6.07 Å². The van der Waals surface area contributed by atoms with Crippen LogP contribution >= 0.6 is 0 Å². The molecular weight excluding hydrogens is 249 g/mol. The molecule has 0 saturated heterocycles. The number of hydrogen-bond acceptors (Lipinski definition) is 3. The van der Waals surface area contributed by atoms with E-state index in [9.17, 15) is 18.0 Å². The lowest BCUT2D eigenvalue weighted by atomic mass is 10.1. The number of nitrogens with one attached hydrogen (secondary N) is 2. The summed E-state index contributed by atoms with van der Waals surface area (Å²) >= 11 is 0. The fraction of sp³-hybridized carbons (Fsp3) is 0.364. The molecule has 2 aromatic rings. The van der Waals surface area contributed by atoms with Gasteiger partial charge in [0.1, 0.15) is 0 Å². The molecule has 0 saturated carbocycles. The number of oxazole rings is 1. The minimum absolute atomic E-state index is 0.215. The molecule has 0 radical (unpaired) electrons. The minimum Gasteiger partial charge on any atom is -0.408 e. The van der Waals surface area contributed by atoms with Crippen LogP contribution in [-0.2, 0) is 6.42 Å². The number of benzene rings is 1. The molecule has 7 heteroatoms. The number of alkyl halides is 3. The SMILES string of the molecule is O=c1[nH]c2cc(CCNCC(F)(F)F)ccc2o1. The van der Waals surface area contributed by atoms with Crippen molar-refractivity contribution >= 4 is 11.1 Å². The molecule has 2 rings (SSSR count). The van der Waals surface area contributed by atoms with Crippen molar-refractivity contribution in [3.05, 3.63) is 34.3 Å². The third-order valence-corrected chi connectivity index (χ3v) is 2.40. The van der Waals surface area contributed by atoms with E-state index in [-0.39, 0.29) is 6.54 Å². The average molecular weight is 260 g/mol. The van der Waals surface area contributed by atoms with Crippen LogP contribution in [0.2, 0.25) is 0 Å². The second-order valence-corrected chi connectivity index (χ2v) is 3.89. The van der Waals surface area contributed by atoms with Gasteiger partial charge in [-0.25, -0.2) is 4.79 Å². The van der Waals surface area contributed by atoms with Crippen molar-refractivity contribution in [3.8, 4) is 0 Å². The fourth-order valence-corrected chi connectivity index (χ4v) is 1.62. The average Bonchev–Trinajstić information content (AvgIpc) is 2.62. The van der Waals surface area contributed by atoms with E-state index >= 15 is 0 Å². The Hall–Kier alpha value is -1.76. The van der Waals surface area contributed by atoms with Gasteiger partial charge in [0.2, 0.25) is 0 Å². The van der Waals surface area contributed by atoms with E-state index < -0.39 is 18.5 Å². The second-order valence-electron chi connectivity index (χ2n) is 3.89. The molecular formula is C11H11F3N2O2. The Labute approximate surface area is 99.8 Å². The molecule has 0 spiro atoms. The van der Waals surface area contributed by atoms with Gasteiger partial charge in [-0.05, 0) is 30.7 Å². The quantitative estimate of drug-likeness (QED) is 0.824. The maximum Gasteiger partial charge on any atom is 0.417 e. The molecule has 0 aliphatic rings. The molecule has 1 aromatic heterocycles. The van der Waals surface area contributed by atoms with E-state index in [0.29, 0.717) is 17.5 Å². The largest absolute Gasteiger partial charge is 0.417 e. The van der Waals surface area contributed by atoms with E-state index in [1.807, 2.05) is 0 Å². The van der Waals surface area contributed by atoms with Crippen LogP contribution < -0.4 is 11.1 Å². The van der Waals surface area contributed by atoms with Gasteiger partial charge in [-0.15, -0.1) is 0 Å². The van der Waals surface area contributed by atoms with Gasteiger partial charge in [0, 0.05) is 0 Å². The van der Waals surface area contributed by atoms with Crippen molar-refractivity contribution in [1.29, 1.82) is 0 Å². The summed E-state index contributed by atoms with van der Waals surface area (Å²) in [4.78, 5) is 13.4. The van der Waals surface area contributed by atoms with Crippen molar-refractivity contribution in [2.45, 2.75) is 12.6 Å². The predicted molar refractivity (Wildman–Crippen MR) is 59.5 cm³/mol. The summed E-state index contributed by atoms with van der Waals surface area (Å²) in [6.07, 6.45) is -3.75. The number of aromatic amines is 1. The lowest BCUT2D eigenvalue weighted by Gasteiger charge is -2.07. The molecule has 4 nitrogen and oxygen atoms in total. The van der Waals surface area contributed by atoms with Crippen LogP contribution in [-0.4, -0.2) is 24.2 Å². The van der Waals surface area contributed by atoms with Gasteiger partial charge in [-0.2, -0.15) is 13.2 Å². The zero-order valence-electron chi connectivity index (χ0n) is 9.30. The monoisotopic (exact) mass is 260 g/mol. The molecule has 1 aromatic carbocycles. The molecule has 0 bridgehead atoms. The summed E-state index contributed by atoms with van der Waals surface area (Å²) in [7, 11) is 0. The molecule has 98 valence electrons. The van der Waals surface area contributed by atoms with Gasteiger partial charge in [0.15, 0.2) is 5.58 Å². The third-order valence-electron chi connectivity index (χ3n) is 2.40. The minimum atomic E-state index is -4.19. The topological polar surface area (TPSA) is 58.0 Å². The highest BCUT2D eigenvalue weighted by molar-refractivity contribution is 5.72. The first-order chi connectivity index (χ1) is 8.44. The summed E-state index contributed by atoms with van der Waals surface area (Å²) in [6, 6.07) is 5.02. The first kappa shape index (κ1) is 12.7. The predicted octanol–water partition coefficient (Wildman–Crippen LogP) is 1.82. The smallest absolute Gasteiger partial charge is 0.408 e. The first-order valence-electron chi connectivity index (χ1n) is 5.33. The van der Waals surface area contributed by atoms with Gasteiger partial charge in [0.05, 0.1) is 12.1 Å². The number of H-pyrrole nitrogens is 1. The van der Waals surface area contributed by atoms with Crippen LogP contribution in [0.4, 0.5) is 13.2 Å². The highest BCUT2D eigenvalue weighted by Crippen LogP contribution is 2.13. The molecule has 0 aliphatic carbocycles. The van der Waals surface area contributed by atoms with E-state index in [4.69, 9.17) is 4.42 Å². The summed E-state index contributed by atoms with van der Waals surface area (Å²) in [5, 5.41) is 2.31. The van der Waals surface area contributed by atoms with Gasteiger partial charge < -0.3 is 9.73 Å². The Bertz CT molecular complexity index is 586. The molecule has 2 N–H and O–H groups in total. The number of halogens is 3. The van der Waals surface area contributed by atoms with Gasteiger partial charge in [-0.3, -0.25) is 4.98 Å². The highest BCUT2D eigenvalue weighted by atomic mass is 19.4. The van der Waals surface area contributed by atoms with Crippen LogP contribution in [0.3, 0.4) is 0 Å². The molecule has 0 fully saturated rings. The van der Waals surface area contributed by atoms with Crippen LogP contribution in [0.5, 0.6) is 0 Å². The number of fused-ring (bicyclic) bond motifs is 1. The van der Waals surface area contributed by atoms with Crippen molar-refractivity contribution < 1.29 is 17.6 Å². The molecule has 1 heterocycles. The zero-order valence-corrected chi connectivity index (χ0v) is 9.30. The Balaban J connectivity index is 1.93. The lowest BCUT2D eigenvalue weighted by Crippen LogP contribution is -2.30. The Kier molecular flexibility index (Phi) is 3.42. The summed E-state index contributed by atoms with van der Waals surface area (Å²) in [6.45, 7) is -0.787. The van der Waals surface area contributed by atoms with Crippen molar-refractivity contribution in [2.24, 2.45) is 0 Å². The van der Waals surface area contributed by atoms with Crippen LogP contribution in [0, 0.1) is 0 Å². The fourth-order valence-electron chi connectivity index (χ4n) is 1.62. The maximum absolute atomic E-state index is 11.9. The summed E-state index contributed by atoms with van der Waals surface area (Å²) < 4.78 is 40.5. The van der Waals surface area contributed by atoms with E-state index in [1.165, 1.54) is 0 Å².